The second-order valence-corrected chi connectivity index (χ2v) is 7.61. The number of hydrogen-bond donors (Lipinski definition) is 1. The van der Waals surface area contributed by atoms with E-state index >= 15 is 0 Å². The number of allylic oxidation sites excluding steroid dienone is 1. The molecule has 0 saturated carbocycles. The number of fused-ring (bicyclic) bond motifs is 3. The summed E-state index contributed by atoms with van der Waals surface area (Å²) in [5.41, 5.74) is 1.77. The summed E-state index contributed by atoms with van der Waals surface area (Å²) >= 11 is 3.29. The highest BCUT2D eigenvalue weighted by Crippen LogP contribution is 2.48. The SMILES string of the molecule is Cn1c2c(c(=O)n(C)c1=O)C(c1ccc(Br)o1)C1=C(N2)c2ccccc2C1=O. The van der Waals surface area contributed by atoms with Gasteiger partial charge in [0.15, 0.2) is 10.5 Å². The quantitative estimate of drug-likeness (QED) is 0.629. The van der Waals surface area contributed by atoms with Gasteiger partial charge in [-0.25, -0.2) is 4.79 Å². The summed E-state index contributed by atoms with van der Waals surface area (Å²) in [6, 6.07) is 10.7. The monoisotopic (exact) mass is 439 g/mol. The van der Waals surface area contributed by atoms with Gasteiger partial charge in [-0.15, -0.1) is 0 Å². The van der Waals surface area contributed by atoms with Crippen LogP contribution in [0.2, 0.25) is 0 Å². The van der Waals surface area contributed by atoms with Crippen LogP contribution in [-0.4, -0.2) is 14.9 Å². The lowest BCUT2D eigenvalue weighted by molar-refractivity contribution is 0.103. The van der Waals surface area contributed by atoms with Gasteiger partial charge in [0, 0.05) is 30.8 Å². The topological polar surface area (TPSA) is 86.2 Å². The van der Waals surface area contributed by atoms with Crippen molar-refractivity contribution in [2.75, 3.05) is 5.32 Å². The van der Waals surface area contributed by atoms with E-state index in [1.807, 2.05) is 12.1 Å². The molecule has 0 spiro atoms. The number of carbonyl (C=O) groups excluding carboxylic acids is 1. The highest BCUT2D eigenvalue weighted by molar-refractivity contribution is 9.10. The fourth-order valence-electron chi connectivity index (χ4n) is 4.03. The Labute approximate surface area is 167 Å². The lowest BCUT2D eigenvalue weighted by atomic mass is 9.85. The first kappa shape index (κ1) is 17.0. The predicted octanol–water partition coefficient (Wildman–Crippen LogP) is 2.60. The third kappa shape index (κ3) is 2.06. The van der Waals surface area contributed by atoms with Crippen LogP contribution in [0.25, 0.3) is 5.70 Å². The second kappa shape index (κ2) is 5.68. The van der Waals surface area contributed by atoms with E-state index in [1.54, 1.807) is 31.3 Å². The number of nitrogens with zero attached hydrogens (tertiary/aromatic N) is 2. The smallest absolute Gasteiger partial charge is 0.332 e. The molecule has 0 fully saturated rings. The molecule has 1 aliphatic heterocycles. The van der Waals surface area contributed by atoms with Crippen molar-refractivity contribution in [1.29, 1.82) is 0 Å². The van der Waals surface area contributed by atoms with E-state index in [9.17, 15) is 14.4 Å². The molecule has 8 heteroatoms. The van der Waals surface area contributed by atoms with Crippen molar-refractivity contribution in [3.63, 3.8) is 0 Å². The Morgan fingerprint density at radius 2 is 1.71 bits per heavy atom. The molecule has 3 heterocycles. The van der Waals surface area contributed by atoms with E-state index in [-0.39, 0.29) is 5.78 Å². The van der Waals surface area contributed by atoms with E-state index in [2.05, 4.69) is 21.2 Å². The number of rotatable bonds is 1. The fraction of sp³-hybridized carbons (Fsp3) is 0.150. The summed E-state index contributed by atoms with van der Waals surface area (Å²) in [4.78, 5) is 38.8. The second-order valence-electron chi connectivity index (χ2n) is 6.83. The number of hydrogen-bond acceptors (Lipinski definition) is 5. The average molecular weight is 440 g/mol. The molecule has 7 nitrogen and oxygen atoms in total. The van der Waals surface area contributed by atoms with Gasteiger partial charge in [0.05, 0.1) is 17.2 Å². The van der Waals surface area contributed by atoms with Gasteiger partial charge in [0.25, 0.3) is 5.56 Å². The zero-order valence-electron chi connectivity index (χ0n) is 14.9. The van der Waals surface area contributed by atoms with Gasteiger partial charge in [-0.05, 0) is 28.1 Å². The van der Waals surface area contributed by atoms with Gasteiger partial charge in [-0.3, -0.25) is 18.7 Å². The van der Waals surface area contributed by atoms with Crippen LogP contribution in [-0.2, 0) is 14.1 Å². The van der Waals surface area contributed by atoms with Crippen molar-refractivity contribution >= 4 is 33.2 Å². The molecule has 2 aromatic heterocycles. The third-order valence-electron chi connectivity index (χ3n) is 5.35. The first-order valence-corrected chi connectivity index (χ1v) is 9.40. The molecule has 140 valence electrons. The molecule has 1 aliphatic carbocycles. The molecule has 0 radical (unpaired) electrons. The standard InChI is InChI=1S/C20H14BrN3O4/c1-23-18-15(19(26)24(2)20(23)27)13(11-7-8-12(21)28-11)14-16(22-18)9-5-3-4-6-10(9)17(14)25/h3-8,13,22H,1-2H3. The number of anilines is 1. The highest BCUT2D eigenvalue weighted by Gasteiger charge is 2.43. The van der Waals surface area contributed by atoms with E-state index in [1.165, 1.54) is 11.6 Å². The summed E-state index contributed by atoms with van der Waals surface area (Å²) in [6.07, 6.45) is 0. The van der Waals surface area contributed by atoms with E-state index in [0.29, 0.717) is 38.6 Å². The summed E-state index contributed by atoms with van der Waals surface area (Å²) in [7, 11) is 3.02. The average Bonchev–Trinajstić information content (AvgIpc) is 3.25. The van der Waals surface area contributed by atoms with Gasteiger partial charge in [0.2, 0.25) is 0 Å². The van der Waals surface area contributed by atoms with Crippen molar-refractivity contribution in [3.05, 3.63) is 89.9 Å². The molecule has 0 saturated heterocycles. The van der Waals surface area contributed by atoms with Crippen LogP contribution < -0.4 is 16.6 Å². The molecule has 1 N–H and O–H groups in total. The highest BCUT2D eigenvalue weighted by atomic mass is 79.9. The first-order valence-electron chi connectivity index (χ1n) is 8.60. The number of carbonyl (C=O) groups is 1. The number of nitrogens with one attached hydrogen (secondary N) is 1. The maximum atomic E-state index is 13.3. The van der Waals surface area contributed by atoms with Gasteiger partial charge < -0.3 is 9.73 Å². The largest absolute Gasteiger partial charge is 0.453 e. The molecule has 0 amide bonds. The van der Waals surface area contributed by atoms with Crippen LogP contribution in [0.15, 0.2) is 60.6 Å². The minimum Gasteiger partial charge on any atom is -0.453 e. The molecule has 1 unspecified atom stereocenters. The molecular weight excluding hydrogens is 426 g/mol. The Kier molecular flexibility index (Phi) is 3.45. The Hall–Kier alpha value is -3.13. The fourth-order valence-corrected chi connectivity index (χ4v) is 4.34. The molecule has 2 aliphatic rings. The van der Waals surface area contributed by atoms with Crippen molar-refractivity contribution in [3.8, 4) is 0 Å². The minimum atomic E-state index is -0.719. The summed E-state index contributed by atoms with van der Waals surface area (Å²) in [5.74, 6) is -0.0481. The molecule has 5 rings (SSSR count). The predicted molar refractivity (Wildman–Crippen MR) is 106 cm³/mol. The van der Waals surface area contributed by atoms with Crippen molar-refractivity contribution in [2.45, 2.75) is 5.92 Å². The molecule has 3 aromatic rings. The Balaban J connectivity index is 1.90. The molecular formula is C20H14BrN3O4. The van der Waals surface area contributed by atoms with Gasteiger partial charge in [-0.1, -0.05) is 24.3 Å². The number of halogens is 1. The molecule has 0 bridgehead atoms. The lowest BCUT2D eigenvalue weighted by Gasteiger charge is -2.28. The number of benzene rings is 1. The minimum absolute atomic E-state index is 0.155. The maximum absolute atomic E-state index is 13.3. The zero-order chi connectivity index (χ0) is 19.7. The molecule has 1 aromatic carbocycles. The van der Waals surface area contributed by atoms with Gasteiger partial charge >= 0.3 is 5.69 Å². The normalized spacial score (nSPS) is 17.2. The Morgan fingerprint density at radius 3 is 2.39 bits per heavy atom. The zero-order valence-corrected chi connectivity index (χ0v) is 16.5. The summed E-state index contributed by atoms with van der Waals surface area (Å²) < 4.78 is 8.69. The van der Waals surface area contributed by atoms with Crippen molar-refractivity contribution in [2.24, 2.45) is 14.1 Å². The Morgan fingerprint density at radius 1 is 1.00 bits per heavy atom. The Bertz CT molecular complexity index is 1340. The maximum Gasteiger partial charge on any atom is 0.332 e. The van der Waals surface area contributed by atoms with Gasteiger partial charge in [0.1, 0.15) is 11.6 Å². The van der Waals surface area contributed by atoms with E-state index in [0.717, 1.165) is 10.1 Å². The number of ketones is 1. The number of aromatic nitrogens is 2. The van der Waals surface area contributed by atoms with Crippen molar-refractivity contribution < 1.29 is 9.21 Å². The number of Topliss-reactive ketones (excluding diaryl/α,β-unsaturated/α-hetero) is 1. The van der Waals surface area contributed by atoms with Crippen LogP contribution in [0.5, 0.6) is 0 Å². The van der Waals surface area contributed by atoms with E-state index < -0.39 is 17.2 Å². The first-order chi connectivity index (χ1) is 13.4. The lowest BCUT2D eigenvalue weighted by Crippen LogP contribution is -2.42. The van der Waals surface area contributed by atoms with Crippen LogP contribution in [0.4, 0.5) is 5.82 Å². The third-order valence-corrected chi connectivity index (χ3v) is 5.78. The van der Waals surface area contributed by atoms with Crippen LogP contribution in [0, 0.1) is 0 Å². The van der Waals surface area contributed by atoms with Crippen LogP contribution >= 0.6 is 15.9 Å². The van der Waals surface area contributed by atoms with Crippen LogP contribution in [0.3, 0.4) is 0 Å². The van der Waals surface area contributed by atoms with Crippen molar-refractivity contribution in [1.82, 2.24) is 9.13 Å². The molecule has 1 atom stereocenters. The summed E-state index contributed by atoms with van der Waals surface area (Å²) in [5, 5.41) is 3.18. The summed E-state index contributed by atoms with van der Waals surface area (Å²) in [6.45, 7) is 0. The van der Waals surface area contributed by atoms with Gasteiger partial charge in [-0.2, -0.15) is 0 Å². The van der Waals surface area contributed by atoms with E-state index in [4.69, 9.17) is 4.42 Å². The molecule has 28 heavy (non-hydrogen) atoms. The van der Waals surface area contributed by atoms with Crippen LogP contribution in [0.1, 0.15) is 33.2 Å². The number of furan rings is 1.